The van der Waals surface area contributed by atoms with Crippen LogP contribution in [0.25, 0.3) is 0 Å². The smallest absolute Gasteiger partial charge is 0.216 e. The van der Waals surface area contributed by atoms with Gasteiger partial charge in [0.1, 0.15) is 5.82 Å². The number of likely N-dealkylation sites (tertiary alicyclic amines) is 1. The van der Waals surface area contributed by atoms with Gasteiger partial charge in [0.25, 0.3) is 0 Å². The normalized spacial score (nSPS) is 21.3. The van der Waals surface area contributed by atoms with Gasteiger partial charge in [-0.1, -0.05) is 13.0 Å². The zero-order valence-corrected chi connectivity index (χ0v) is 21.2. The molecule has 170 valence electrons. The second-order valence-corrected chi connectivity index (χ2v) is 9.91. The molecule has 1 N–H and O–H groups in total. The Kier molecular flexibility index (Phi) is 10.1. The lowest BCUT2D eigenvalue weighted by atomic mass is 10.0. The average Bonchev–Trinajstić information content (AvgIpc) is 2.74. The minimum absolute atomic E-state index is 0. The van der Waals surface area contributed by atoms with Crippen molar-refractivity contribution < 1.29 is 8.42 Å². The number of piperazine rings is 1. The molecule has 3 heterocycles. The van der Waals surface area contributed by atoms with Crippen LogP contribution in [0.1, 0.15) is 26.7 Å². The summed E-state index contributed by atoms with van der Waals surface area (Å²) in [5.41, 5.74) is 0. The van der Waals surface area contributed by atoms with Crippen molar-refractivity contribution in [3.05, 3.63) is 24.4 Å². The number of sulfonamides is 1. The van der Waals surface area contributed by atoms with E-state index in [0.29, 0.717) is 32.1 Å². The van der Waals surface area contributed by atoms with Crippen molar-refractivity contribution in [1.29, 1.82) is 0 Å². The number of aromatic nitrogens is 1. The summed E-state index contributed by atoms with van der Waals surface area (Å²) in [7, 11) is -3.31. The molecule has 0 aromatic carbocycles. The third kappa shape index (κ3) is 6.94. The van der Waals surface area contributed by atoms with E-state index in [-0.39, 0.29) is 36.3 Å². The molecule has 30 heavy (non-hydrogen) atoms. The van der Waals surface area contributed by atoms with Crippen LogP contribution in [0.4, 0.5) is 5.82 Å². The monoisotopic (exact) mass is 550 g/mol. The topological polar surface area (TPSA) is 81.1 Å². The van der Waals surface area contributed by atoms with Crippen LogP contribution in [0.5, 0.6) is 0 Å². The van der Waals surface area contributed by atoms with E-state index >= 15 is 0 Å². The van der Waals surface area contributed by atoms with Crippen LogP contribution in [0.3, 0.4) is 0 Å². The lowest BCUT2D eigenvalue weighted by molar-refractivity contribution is 0.266. The number of hydrogen-bond acceptors (Lipinski definition) is 5. The highest BCUT2D eigenvalue weighted by Crippen LogP contribution is 2.16. The van der Waals surface area contributed by atoms with Crippen molar-refractivity contribution in [3.8, 4) is 0 Å². The van der Waals surface area contributed by atoms with E-state index in [2.05, 4.69) is 32.0 Å². The third-order valence-electron chi connectivity index (χ3n) is 5.51. The highest BCUT2D eigenvalue weighted by atomic mass is 127. The average molecular weight is 551 g/mol. The molecule has 1 atom stereocenters. The Morgan fingerprint density at radius 3 is 2.63 bits per heavy atom. The predicted molar refractivity (Wildman–Crippen MR) is 133 cm³/mol. The van der Waals surface area contributed by atoms with Crippen LogP contribution >= 0.6 is 24.0 Å². The fourth-order valence-electron chi connectivity index (χ4n) is 3.94. The molecule has 0 radical (unpaired) electrons. The zero-order chi connectivity index (χ0) is 20.7. The third-order valence-corrected chi connectivity index (χ3v) is 7.36. The van der Waals surface area contributed by atoms with E-state index in [0.717, 1.165) is 37.8 Å². The van der Waals surface area contributed by atoms with Crippen LogP contribution in [-0.4, -0.2) is 86.7 Å². The van der Waals surface area contributed by atoms with E-state index in [4.69, 9.17) is 0 Å². The van der Waals surface area contributed by atoms with Crippen molar-refractivity contribution >= 4 is 45.8 Å². The first-order valence-corrected chi connectivity index (χ1v) is 12.3. The molecule has 1 unspecified atom stereocenters. The van der Waals surface area contributed by atoms with E-state index in [1.165, 1.54) is 6.42 Å². The Balaban J connectivity index is 0.00000320. The number of nitrogens with one attached hydrogen (secondary N) is 1. The fourth-order valence-corrected chi connectivity index (χ4v) is 5.24. The maximum Gasteiger partial charge on any atom is 0.216 e. The zero-order valence-electron chi connectivity index (χ0n) is 18.0. The van der Waals surface area contributed by atoms with Gasteiger partial charge in [-0.3, -0.25) is 4.99 Å². The molecule has 8 nitrogen and oxygen atoms in total. The van der Waals surface area contributed by atoms with Crippen LogP contribution in [0, 0.1) is 5.92 Å². The summed E-state index contributed by atoms with van der Waals surface area (Å²) >= 11 is 0. The molecule has 1 aromatic rings. The first-order chi connectivity index (χ1) is 14.0. The second kappa shape index (κ2) is 12.0. The first-order valence-electron chi connectivity index (χ1n) is 10.7. The summed E-state index contributed by atoms with van der Waals surface area (Å²) < 4.78 is 27.2. The van der Waals surface area contributed by atoms with Crippen molar-refractivity contribution in [2.24, 2.45) is 10.9 Å². The number of rotatable bonds is 6. The van der Waals surface area contributed by atoms with E-state index in [1.807, 2.05) is 25.1 Å². The van der Waals surface area contributed by atoms with Gasteiger partial charge in [0.15, 0.2) is 5.96 Å². The molecule has 10 heteroatoms. The largest absolute Gasteiger partial charge is 0.357 e. The van der Waals surface area contributed by atoms with Gasteiger partial charge in [0, 0.05) is 52.0 Å². The van der Waals surface area contributed by atoms with Gasteiger partial charge >= 0.3 is 0 Å². The van der Waals surface area contributed by atoms with Crippen molar-refractivity contribution in [2.75, 3.05) is 63.0 Å². The van der Waals surface area contributed by atoms with Gasteiger partial charge < -0.3 is 15.1 Å². The van der Waals surface area contributed by atoms with E-state index in [9.17, 15) is 8.42 Å². The lowest BCUT2D eigenvalue weighted by Gasteiger charge is -2.35. The van der Waals surface area contributed by atoms with Crippen LogP contribution in [0.2, 0.25) is 0 Å². The SMILES string of the molecule is CCNC(=NCCS(=O)(=O)N1CCN(c2ccccn2)CC1)N1CCCC(C)C1.I. The maximum atomic E-state index is 12.8. The minimum Gasteiger partial charge on any atom is -0.357 e. The molecule has 0 amide bonds. The van der Waals surface area contributed by atoms with Crippen LogP contribution in [-0.2, 0) is 10.0 Å². The molecule has 0 bridgehead atoms. The molecule has 2 saturated heterocycles. The number of halogens is 1. The first kappa shape index (κ1) is 25.1. The van der Waals surface area contributed by atoms with Crippen LogP contribution < -0.4 is 10.2 Å². The van der Waals surface area contributed by atoms with Gasteiger partial charge in [-0.05, 0) is 37.8 Å². The Bertz CT molecular complexity index is 769. The van der Waals surface area contributed by atoms with Crippen molar-refractivity contribution in [1.82, 2.24) is 19.5 Å². The predicted octanol–water partition coefficient (Wildman–Crippen LogP) is 1.85. The van der Waals surface area contributed by atoms with Crippen LogP contribution in [0.15, 0.2) is 29.4 Å². The fraction of sp³-hybridized carbons (Fsp3) is 0.700. The highest BCUT2D eigenvalue weighted by Gasteiger charge is 2.27. The van der Waals surface area contributed by atoms with Gasteiger partial charge in [-0.15, -0.1) is 24.0 Å². The lowest BCUT2D eigenvalue weighted by Crippen LogP contribution is -2.50. The molecule has 3 rings (SSSR count). The molecule has 2 aliphatic heterocycles. The number of piperidine rings is 1. The summed E-state index contributed by atoms with van der Waals surface area (Å²) in [5, 5.41) is 3.32. The number of anilines is 1. The molecular weight excluding hydrogens is 515 g/mol. The molecule has 2 aliphatic rings. The summed E-state index contributed by atoms with van der Waals surface area (Å²) in [6.45, 7) is 9.64. The summed E-state index contributed by atoms with van der Waals surface area (Å²) in [6.07, 6.45) is 4.17. The van der Waals surface area contributed by atoms with Gasteiger partial charge in [0.05, 0.1) is 12.3 Å². The second-order valence-electron chi connectivity index (χ2n) is 7.82. The number of guanidine groups is 1. The molecule has 0 saturated carbocycles. The molecule has 2 fully saturated rings. The highest BCUT2D eigenvalue weighted by molar-refractivity contribution is 14.0. The quantitative estimate of drug-likeness (QED) is 0.331. The molecular formula is C20H35IN6O2S. The molecule has 1 aromatic heterocycles. The standard InChI is InChI=1S/C20H34N6O2S.HI/c1-3-21-20(25-11-6-7-18(2)17-25)23-10-16-29(27,28)26-14-12-24(13-15-26)19-8-4-5-9-22-19;/h4-5,8-9,18H,3,6-7,10-17H2,1-2H3,(H,21,23);1H. The molecule has 0 spiro atoms. The number of pyridine rings is 1. The summed E-state index contributed by atoms with van der Waals surface area (Å²) in [4.78, 5) is 13.4. The number of nitrogens with zero attached hydrogens (tertiary/aromatic N) is 5. The Hall–Kier alpha value is -1.14. The Morgan fingerprint density at radius 2 is 2.00 bits per heavy atom. The Labute approximate surface area is 198 Å². The van der Waals surface area contributed by atoms with E-state index in [1.54, 1.807) is 10.5 Å². The summed E-state index contributed by atoms with van der Waals surface area (Å²) in [6, 6.07) is 5.80. The van der Waals surface area contributed by atoms with Crippen molar-refractivity contribution in [3.63, 3.8) is 0 Å². The molecule has 0 aliphatic carbocycles. The van der Waals surface area contributed by atoms with Gasteiger partial charge in [0.2, 0.25) is 10.0 Å². The van der Waals surface area contributed by atoms with E-state index < -0.39 is 10.0 Å². The Morgan fingerprint density at radius 1 is 1.23 bits per heavy atom. The van der Waals surface area contributed by atoms with Gasteiger partial charge in [-0.25, -0.2) is 13.4 Å². The number of aliphatic imine (C=N–C) groups is 1. The minimum atomic E-state index is -3.31. The van der Waals surface area contributed by atoms with Gasteiger partial charge in [-0.2, -0.15) is 4.31 Å². The summed E-state index contributed by atoms with van der Waals surface area (Å²) in [5.74, 6) is 2.44. The van der Waals surface area contributed by atoms with Crippen molar-refractivity contribution in [2.45, 2.75) is 26.7 Å². The number of hydrogen-bond donors (Lipinski definition) is 1. The maximum absolute atomic E-state index is 12.8.